The van der Waals surface area contributed by atoms with Gasteiger partial charge in [0.25, 0.3) is 5.91 Å². The maximum Gasteiger partial charge on any atom is 0.257 e. The summed E-state index contributed by atoms with van der Waals surface area (Å²) in [5.74, 6) is 2.81. The second-order valence-electron chi connectivity index (χ2n) is 7.27. The number of rotatable bonds is 7. The second-order valence-corrected chi connectivity index (χ2v) is 7.27. The van der Waals surface area contributed by atoms with Crippen LogP contribution in [0.1, 0.15) is 21.7 Å². The molecule has 9 heteroatoms. The fraction of sp³-hybridized carbons (Fsp3) is 0.125. The monoisotopic (exact) mass is 441 g/mol. The quantitative estimate of drug-likeness (QED) is 0.380. The Morgan fingerprint density at radius 3 is 2.21 bits per heavy atom. The van der Waals surface area contributed by atoms with Gasteiger partial charge in [-0.1, -0.05) is 0 Å². The van der Waals surface area contributed by atoms with E-state index in [1.165, 1.54) is 13.3 Å². The highest BCUT2D eigenvalue weighted by atomic mass is 16.5. The zero-order chi connectivity index (χ0) is 23.2. The van der Waals surface area contributed by atoms with Crippen molar-refractivity contribution in [2.75, 3.05) is 23.1 Å². The Kier molecular flexibility index (Phi) is 6.40. The minimum Gasteiger partial charge on any atom is -0.481 e. The molecule has 0 fully saturated rings. The Balaban J connectivity index is 1.42. The van der Waals surface area contributed by atoms with Crippen LogP contribution in [0.3, 0.4) is 0 Å². The number of nitrogens with zero attached hydrogens (tertiary/aromatic N) is 4. The molecule has 9 nitrogen and oxygen atoms in total. The van der Waals surface area contributed by atoms with Crippen molar-refractivity contribution in [3.05, 3.63) is 83.9 Å². The molecular formula is C24H23N7O2. The highest BCUT2D eigenvalue weighted by Gasteiger charge is 2.08. The van der Waals surface area contributed by atoms with Gasteiger partial charge in [0.05, 0.1) is 12.7 Å². The summed E-state index contributed by atoms with van der Waals surface area (Å²) >= 11 is 0. The second kappa shape index (κ2) is 9.73. The summed E-state index contributed by atoms with van der Waals surface area (Å²) in [5.41, 5.74) is 3.02. The van der Waals surface area contributed by atoms with Gasteiger partial charge < -0.3 is 20.7 Å². The van der Waals surface area contributed by atoms with E-state index < -0.39 is 0 Å². The topological polar surface area (TPSA) is 114 Å². The van der Waals surface area contributed by atoms with Gasteiger partial charge in [-0.05, 0) is 61.9 Å². The van der Waals surface area contributed by atoms with E-state index in [1.807, 2.05) is 44.2 Å². The van der Waals surface area contributed by atoms with Crippen LogP contribution in [0.4, 0.5) is 28.8 Å². The predicted molar refractivity (Wildman–Crippen MR) is 127 cm³/mol. The van der Waals surface area contributed by atoms with Gasteiger partial charge in [0.15, 0.2) is 0 Å². The molecule has 0 aliphatic rings. The molecule has 0 saturated heterocycles. The summed E-state index contributed by atoms with van der Waals surface area (Å²) in [5, 5.41) is 9.31. The third-order valence-corrected chi connectivity index (χ3v) is 4.63. The van der Waals surface area contributed by atoms with Crippen molar-refractivity contribution in [3.63, 3.8) is 0 Å². The smallest absolute Gasteiger partial charge is 0.257 e. The Hall–Kier alpha value is -4.53. The fourth-order valence-corrected chi connectivity index (χ4v) is 3.05. The molecule has 0 spiro atoms. The number of methoxy groups -OCH3 is 1. The Bertz CT molecular complexity index is 1260. The fourth-order valence-electron chi connectivity index (χ4n) is 3.05. The van der Waals surface area contributed by atoms with Crippen LogP contribution in [-0.4, -0.2) is 33.0 Å². The van der Waals surface area contributed by atoms with Gasteiger partial charge in [-0.15, -0.1) is 0 Å². The number of benzene rings is 1. The molecule has 0 aliphatic carbocycles. The van der Waals surface area contributed by atoms with Crippen LogP contribution in [0.5, 0.6) is 5.88 Å². The van der Waals surface area contributed by atoms with E-state index in [0.29, 0.717) is 40.4 Å². The van der Waals surface area contributed by atoms with E-state index in [1.54, 1.807) is 30.5 Å². The highest BCUT2D eigenvalue weighted by molar-refractivity contribution is 6.04. The summed E-state index contributed by atoms with van der Waals surface area (Å²) in [6.45, 7) is 3.83. The third kappa shape index (κ3) is 5.79. The normalized spacial score (nSPS) is 10.4. The molecule has 166 valence electrons. The van der Waals surface area contributed by atoms with Crippen molar-refractivity contribution in [1.29, 1.82) is 0 Å². The number of carbonyl (C=O) groups is 1. The zero-order valence-corrected chi connectivity index (χ0v) is 18.5. The highest BCUT2D eigenvalue weighted by Crippen LogP contribution is 2.21. The van der Waals surface area contributed by atoms with Crippen molar-refractivity contribution >= 4 is 34.7 Å². The zero-order valence-electron chi connectivity index (χ0n) is 18.5. The van der Waals surface area contributed by atoms with Crippen LogP contribution < -0.4 is 20.7 Å². The Labute approximate surface area is 191 Å². The largest absolute Gasteiger partial charge is 0.481 e. The summed E-state index contributed by atoms with van der Waals surface area (Å²) in [6, 6.07) is 16.3. The molecule has 1 aromatic carbocycles. The van der Waals surface area contributed by atoms with Gasteiger partial charge in [0.2, 0.25) is 5.88 Å². The molecule has 0 saturated carbocycles. The molecule has 33 heavy (non-hydrogen) atoms. The van der Waals surface area contributed by atoms with E-state index in [0.717, 1.165) is 11.3 Å². The first kappa shape index (κ1) is 21.7. The molecule has 0 atom stereocenters. The summed E-state index contributed by atoms with van der Waals surface area (Å²) in [7, 11) is 1.53. The molecule has 3 aromatic heterocycles. The van der Waals surface area contributed by atoms with Crippen molar-refractivity contribution in [1.82, 2.24) is 19.9 Å². The van der Waals surface area contributed by atoms with Gasteiger partial charge in [-0.2, -0.15) is 0 Å². The van der Waals surface area contributed by atoms with Crippen LogP contribution in [0.15, 0.2) is 67.0 Å². The third-order valence-electron chi connectivity index (χ3n) is 4.63. The van der Waals surface area contributed by atoms with Crippen molar-refractivity contribution < 1.29 is 9.53 Å². The average molecular weight is 441 g/mol. The van der Waals surface area contributed by atoms with Crippen molar-refractivity contribution in [3.8, 4) is 5.88 Å². The van der Waals surface area contributed by atoms with E-state index in [2.05, 4.69) is 35.9 Å². The van der Waals surface area contributed by atoms with Crippen LogP contribution in [0.25, 0.3) is 0 Å². The number of pyridine rings is 2. The number of aryl methyl sites for hydroxylation is 2. The number of ether oxygens (including phenoxy) is 1. The van der Waals surface area contributed by atoms with Crippen molar-refractivity contribution in [2.24, 2.45) is 0 Å². The number of carbonyl (C=O) groups excluding carboxylic acids is 1. The molecular weight excluding hydrogens is 418 g/mol. The molecule has 3 heterocycles. The SMILES string of the molecule is COc1ccc(C(=O)Nc2ccc(Nc3cc(Nc4cc(C)ccn4)nc(C)n3)cc2)cn1. The van der Waals surface area contributed by atoms with Crippen LogP contribution in [0.2, 0.25) is 0 Å². The van der Waals surface area contributed by atoms with E-state index in [4.69, 9.17) is 4.74 Å². The standard InChI is InChI=1S/C24H23N7O2/c1-15-10-11-25-20(12-15)31-22-13-21(27-16(2)28-22)29-18-5-7-19(8-6-18)30-24(32)17-4-9-23(33-3)26-14-17/h4-14H,1-3H3,(H,30,32)(H2,25,27,28,29,31). The first-order valence-corrected chi connectivity index (χ1v) is 10.2. The first-order chi connectivity index (χ1) is 16.0. The number of amides is 1. The van der Waals surface area contributed by atoms with E-state index >= 15 is 0 Å². The van der Waals surface area contributed by atoms with Gasteiger partial charge in [0, 0.05) is 35.9 Å². The first-order valence-electron chi connectivity index (χ1n) is 10.2. The summed E-state index contributed by atoms with van der Waals surface area (Å²) < 4.78 is 5.01. The molecule has 4 rings (SSSR count). The minimum absolute atomic E-state index is 0.252. The number of aromatic nitrogens is 4. The number of anilines is 5. The van der Waals surface area contributed by atoms with Gasteiger partial charge in [0.1, 0.15) is 23.3 Å². The number of nitrogens with one attached hydrogen (secondary N) is 3. The predicted octanol–water partition coefficient (Wildman–Crippen LogP) is 4.63. The number of hydrogen-bond acceptors (Lipinski definition) is 8. The number of hydrogen-bond donors (Lipinski definition) is 3. The molecule has 4 aromatic rings. The van der Waals surface area contributed by atoms with E-state index in [-0.39, 0.29) is 5.91 Å². The maximum absolute atomic E-state index is 12.4. The van der Waals surface area contributed by atoms with Crippen LogP contribution in [-0.2, 0) is 0 Å². The van der Waals surface area contributed by atoms with Gasteiger partial charge in [-0.3, -0.25) is 4.79 Å². The van der Waals surface area contributed by atoms with Crippen LogP contribution >= 0.6 is 0 Å². The average Bonchev–Trinajstić information content (AvgIpc) is 2.80. The van der Waals surface area contributed by atoms with E-state index in [9.17, 15) is 4.79 Å². The lowest BCUT2D eigenvalue weighted by molar-refractivity contribution is 0.102. The summed E-state index contributed by atoms with van der Waals surface area (Å²) in [4.78, 5) is 29.6. The molecule has 3 N–H and O–H groups in total. The molecule has 1 amide bonds. The van der Waals surface area contributed by atoms with Crippen molar-refractivity contribution in [2.45, 2.75) is 13.8 Å². The van der Waals surface area contributed by atoms with Gasteiger partial charge in [-0.25, -0.2) is 19.9 Å². The maximum atomic E-state index is 12.4. The van der Waals surface area contributed by atoms with Gasteiger partial charge >= 0.3 is 0 Å². The molecule has 0 aliphatic heterocycles. The lowest BCUT2D eigenvalue weighted by Crippen LogP contribution is -2.12. The lowest BCUT2D eigenvalue weighted by Gasteiger charge is -2.11. The molecule has 0 radical (unpaired) electrons. The lowest BCUT2D eigenvalue weighted by atomic mass is 10.2. The minimum atomic E-state index is -0.252. The Morgan fingerprint density at radius 2 is 1.55 bits per heavy atom. The molecule has 0 bridgehead atoms. The summed E-state index contributed by atoms with van der Waals surface area (Å²) in [6.07, 6.45) is 3.22. The van der Waals surface area contributed by atoms with Crippen LogP contribution in [0, 0.1) is 13.8 Å². The molecule has 0 unspecified atom stereocenters. The Morgan fingerprint density at radius 1 is 0.818 bits per heavy atom.